The normalized spacial score (nSPS) is 25.1. The first-order chi connectivity index (χ1) is 21.3. The summed E-state index contributed by atoms with van der Waals surface area (Å²) in [6.45, 7) is 1.81. The lowest BCUT2D eigenvalue weighted by atomic mass is 9.91. The van der Waals surface area contributed by atoms with Gasteiger partial charge in [-0.3, -0.25) is 0 Å². The molecule has 2 aliphatic rings. The maximum atomic E-state index is 14.0. The molecule has 0 bridgehead atoms. The number of aliphatic hydroxyl groups excluding tert-OH is 1. The summed E-state index contributed by atoms with van der Waals surface area (Å²) < 4.78 is 63.4. The molecule has 226 valence electrons. The molecule has 0 radical (unpaired) electrons. The van der Waals surface area contributed by atoms with Crippen LogP contribution in [0.2, 0.25) is 5.02 Å². The van der Waals surface area contributed by atoms with Crippen molar-refractivity contribution in [1.29, 1.82) is 0 Å². The van der Waals surface area contributed by atoms with Gasteiger partial charge in [-0.25, -0.2) is 27.5 Å². The molecule has 0 saturated carbocycles. The number of benzene rings is 3. The van der Waals surface area contributed by atoms with Crippen LogP contribution in [0.3, 0.4) is 0 Å². The van der Waals surface area contributed by atoms with Crippen molar-refractivity contribution in [1.82, 2.24) is 29.8 Å². The van der Waals surface area contributed by atoms with Crippen LogP contribution in [0, 0.1) is 24.4 Å². The Morgan fingerprint density at radius 3 is 2.50 bits per heavy atom. The zero-order valence-electron chi connectivity index (χ0n) is 23.0. The van der Waals surface area contributed by atoms with Gasteiger partial charge in [0.05, 0.1) is 18.5 Å². The number of halogens is 4. The number of rotatable bonds is 5. The molecular weight excluding hydrogens is 601 g/mol. The van der Waals surface area contributed by atoms with Crippen molar-refractivity contribution >= 4 is 11.6 Å². The first-order valence-corrected chi connectivity index (χ1v) is 14.1. The molecule has 7 rings (SSSR count). The first kappa shape index (κ1) is 28.6. The molecule has 44 heavy (non-hydrogen) atoms. The van der Waals surface area contributed by atoms with Gasteiger partial charge in [0.2, 0.25) is 0 Å². The molecule has 0 amide bonds. The summed E-state index contributed by atoms with van der Waals surface area (Å²) in [6.07, 6.45) is -3.25. The Kier molecular flexibility index (Phi) is 7.42. The molecule has 2 aromatic heterocycles. The van der Waals surface area contributed by atoms with E-state index in [2.05, 4.69) is 20.4 Å². The summed E-state index contributed by atoms with van der Waals surface area (Å²) in [4.78, 5) is 4.58. The average molecular weight is 625 g/mol. The molecule has 3 aromatic carbocycles. The van der Waals surface area contributed by atoms with Crippen molar-refractivity contribution in [3.8, 4) is 16.9 Å². The fraction of sp³-hybridized carbons (Fsp3) is 0.267. The van der Waals surface area contributed by atoms with Crippen LogP contribution in [0.25, 0.3) is 16.9 Å². The number of hydrogen-bond acceptors (Lipinski definition) is 8. The average Bonchev–Trinajstić information content (AvgIpc) is 3.66. The van der Waals surface area contributed by atoms with Crippen molar-refractivity contribution in [3.63, 3.8) is 0 Å². The van der Waals surface area contributed by atoms with E-state index in [1.165, 1.54) is 10.9 Å². The van der Waals surface area contributed by atoms with Crippen LogP contribution >= 0.6 is 11.6 Å². The predicted molar refractivity (Wildman–Crippen MR) is 149 cm³/mol. The number of aromatic nitrogens is 6. The fourth-order valence-corrected chi connectivity index (χ4v) is 5.77. The van der Waals surface area contributed by atoms with Gasteiger partial charge >= 0.3 is 0 Å². The van der Waals surface area contributed by atoms with Gasteiger partial charge in [0, 0.05) is 16.1 Å². The van der Waals surface area contributed by atoms with Crippen LogP contribution in [0.1, 0.15) is 35.6 Å². The summed E-state index contributed by atoms with van der Waals surface area (Å²) in [6, 6.07) is 17.0. The minimum atomic E-state index is -1.59. The van der Waals surface area contributed by atoms with Crippen molar-refractivity contribution in [2.75, 3.05) is 6.61 Å². The number of aryl methyl sites for hydroxylation is 1. The quantitative estimate of drug-likeness (QED) is 0.270. The fourth-order valence-electron chi connectivity index (χ4n) is 5.58. The molecule has 10 nitrogen and oxygen atoms in total. The standard InChI is InChI=1S/C30H24ClF3N6O4/c1-15-35-29(40(37-15)19-9-5-8-18(31)12-19)28-26(41)25(27-23(43-28)14-42-30(44-27)16-6-3-2-4-7-16)39-13-22(36-38-39)17-10-20(32)24(34)21(33)11-17/h2-13,23,25-28,30,41H,14H2,1H3/t23-,25-,26-,27+,28-,30?/m1/s1. The van der Waals surface area contributed by atoms with Gasteiger partial charge in [-0.2, -0.15) is 5.10 Å². The number of hydrogen-bond donors (Lipinski definition) is 1. The second kappa shape index (κ2) is 11.4. The number of nitrogens with zero attached hydrogens (tertiary/aromatic N) is 6. The third-order valence-corrected chi connectivity index (χ3v) is 7.82. The molecular formula is C30H24ClF3N6O4. The molecule has 14 heteroatoms. The van der Waals surface area contributed by atoms with Gasteiger partial charge in [0.1, 0.15) is 42.0 Å². The lowest BCUT2D eigenvalue weighted by Crippen LogP contribution is -2.57. The van der Waals surface area contributed by atoms with Crippen molar-refractivity contribution < 1.29 is 32.5 Å². The number of ether oxygens (including phenoxy) is 3. The second-order valence-corrected chi connectivity index (χ2v) is 10.9. The van der Waals surface area contributed by atoms with E-state index in [9.17, 15) is 18.3 Å². The van der Waals surface area contributed by atoms with Gasteiger partial charge in [-0.15, -0.1) is 5.10 Å². The second-order valence-electron chi connectivity index (χ2n) is 10.5. The topological polar surface area (TPSA) is 109 Å². The van der Waals surface area contributed by atoms with Crippen molar-refractivity contribution in [2.24, 2.45) is 0 Å². The largest absolute Gasteiger partial charge is 0.388 e. The summed E-state index contributed by atoms with van der Waals surface area (Å²) in [5, 5.41) is 25.2. The molecule has 2 fully saturated rings. The molecule has 0 aliphatic carbocycles. The highest BCUT2D eigenvalue weighted by molar-refractivity contribution is 6.30. The molecule has 1 unspecified atom stereocenters. The summed E-state index contributed by atoms with van der Waals surface area (Å²) in [7, 11) is 0. The van der Waals surface area contributed by atoms with E-state index < -0.39 is 54.2 Å². The van der Waals surface area contributed by atoms with E-state index in [4.69, 9.17) is 25.8 Å². The monoisotopic (exact) mass is 624 g/mol. The third kappa shape index (κ3) is 5.16. The van der Waals surface area contributed by atoms with Gasteiger partial charge in [-0.1, -0.05) is 53.2 Å². The van der Waals surface area contributed by atoms with E-state index in [0.717, 1.165) is 17.7 Å². The molecule has 2 saturated heterocycles. The highest BCUT2D eigenvalue weighted by Gasteiger charge is 2.52. The van der Waals surface area contributed by atoms with Crippen LogP contribution < -0.4 is 0 Å². The molecule has 4 heterocycles. The van der Waals surface area contributed by atoms with E-state index in [1.807, 2.05) is 30.3 Å². The van der Waals surface area contributed by atoms with Crippen LogP contribution in [0.15, 0.2) is 72.9 Å². The lowest BCUT2D eigenvalue weighted by molar-refractivity contribution is -0.319. The lowest BCUT2D eigenvalue weighted by Gasteiger charge is -2.47. The minimum Gasteiger partial charge on any atom is -0.388 e. The van der Waals surface area contributed by atoms with E-state index >= 15 is 0 Å². The van der Waals surface area contributed by atoms with Gasteiger partial charge in [0.15, 0.2) is 29.6 Å². The van der Waals surface area contributed by atoms with Crippen LogP contribution in [-0.4, -0.2) is 59.8 Å². The molecule has 0 spiro atoms. The van der Waals surface area contributed by atoms with Gasteiger partial charge in [-0.05, 0) is 37.3 Å². The Morgan fingerprint density at radius 1 is 0.977 bits per heavy atom. The Balaban J connectivity index is 1.29. The number of aliphatic hydroxyl groups is 1. The van der Waals surface area contributed by atoms with E-state index in [-0.39, 0.29) is 17.9 Å². The third-order valence-electron chi connectivity index (χ3n) is 7.59. The molecule has 5 aromatic rings. The highest BCUT2D eigenvalue weighted by atomic mass is 35.5. The first-order valence-electron chi connectivity index (χ1n) is 13.7. The Morgan fingerprint density at radius 2 is 1.75 bits per heavy atom. The predicted octanol–water partition coefficient (Wildman–Crippen LogP) is 5.06. The molecule has 6 atom stereocenters. The molecule has 1 N–H and O–H groups in total. The number of fused-ring (bicyclic) bond motifs is 1. The van der Waals surface area contributed by atoms with Gasteiger partial charge < -0.3 is 19.3 Å². The summed E-state index contributed by atoms with van der Waals surface area (Å²) in [5.41, 5.74) is 1.38. The maximum absolute atomic E-state index is 14.0. The van der Waals surface area contributed by atoms with E-state index in [0.29, 0.717) is 22.4 Å². The smallest absolute Gasteiger partial charge is 0.194 e. The zero-order chi connectivity index (χ0) is 30.5. The minimum absolute atomic E-state index is 0.0336. The molecule has 2 aliphatic heterocycles. The maximum Gasteiger partial charge on any atom is 0.194 e. The zero-order valence-corrected chi connectivity index (χ0v) is 23.7. The van der Waals surface area contributed by atoms with Crippen LogP contribution in [0.4, 0.5) is 13.2 Å². The Hall–Kier alpha value is -4.14. The van der Waals surface area contributed by atoms with Crippen molar-refractivity contribution in [2.45, 2.75) is 43.7 Å². The Bertz CT molecular complexity index is 1800. The SMILES string of the molecule is Cc1nc([C@@H]2O[C@@H]3COC(c4ccccc4)O[C@@H]3[C@H](n3cc(-c4cc(F)c(F)c(F)c4)nn3)[C@H]2O)n(-c2cccc(Cl)c2)n1. The Labute approximate surface area is 253 Å². The van der Waals surface area contributed by atoms with Crippen LogP contribution in [0.5, 0.6) is 0 Å². The van der Waals surface area contributed by atoms with E-state index in [1.54, 1.807) is 35.9 Å². The van der Waals surface area contributed by atoms with Gasteiger partial charge in [0.25, 0.3) is 0 Å². The highest BCUT2D eigenvalue weighted by Crippen LogP contribution is 2.44. The summed E-state index contributed by atoms with van der Waals surface area (Å²) in [5.74, 6) is -3.59. The van der Waals surface area contributed by atoms with Crippen LogP contribution in [-0.2, 0) is 14.2 Å². The summed E-state index contributed by atoms with van der Waals surface area (Å²) >= 11 is 6.25. The van der Waals surface area contributed by atoms with Crippen molar-refractivity contribution in [3.05, 3.63) is 113 Å².